The molecule has 8 N–H and O–H groups in total. The molecule has 0 heterocycles. The van der Waals surface area contributed by atoms with Crippen molar-refractivity contribution in [2.24, 2.45) is 5.73 Å². The van der Waals surface area contributed by atoms with Crippen LogP contribution in [0.25, 0.3) is 0 Å². The second-order valence-electron chi connectivity index (χ2n) is 14.1. The molecule has 0 radical (unpaired) electrons. The summed E-state index contributed by atoms with van der Waals surface area (Å²) in [5, 5.41) is 12.0. The number of amides is 4. The van der Waals surface area contributed by atoms with E-state index < -0.39 is 75.8 Å². The lowest BCUT2D eigenvalue weighted by Crippen LogP contribution is -2.36. The molecule has 0 bridgehead atoms. The van der Waals surface area contributed by atoms with Gasteiger partial charge in [0.15, 0.2) is 10.5 Å². The molecule has 0 spiro atoms. The highest BCUT2D eigenvalue weighted by Gasteiger charge is 2.33. The summed E-state index contributed by atoms with van der Waals surface area (Å²) in [5.74, 6) is -5.20. The van der Waals surface area contributed by atoms with Crippen LogP contribution in [0.2, 0.25) is 0 Å². The van der Waals surface area contributed by atoms with Crippen LogP contribution in [0.15, 0.2) is 18.2 Å². The highest BCUT2D eigenvalue weighted by atomic mass is 33.1. The van der Waals surface area contributed by atoms with E-state index in [4.69, 9.17) is 10.8 Å². The average molecular weight is 951 g/mol. The third kappa shape index (κ3) is 25.6. The Morgan fingerprint density at radius 2 is 1.17 bits per heavy atom. The number of carboxylic acid groups (broad SMARTS) is 1. The second kappa shape index (κ2) is 27.3. The number of primary amides is 1. The van der Waals surface area contributed by atoms with Crippen molar-refractivity contribution in [3.05, 3.63) is 23.8 Å². The zero-order valence-electron chi connectivity index (χ0n) is 34.2. The van der Waals surface area contributed by atoms with Gasteiger partial charge in [0.05, 0.1) is 7.11 Å². The predicted molar refractivity (Wildman–Crippen MR) is 237 cm³/mol. The van der Waals surface area contributed by atoms with Gasteiger partial charge in [-0.15, -0.1) is 0 Å². The van der Waals surface area contributed by atoms with Crippen molar-refractivity contribution in [1.29, 1.82) is 0 Å². The number of unbranched alkanes of at least 4 members (excludes halogenated alkanes) is 1. The van der Waals surface area contributed by atoms with Gasteiger partial charge in [0.2, 0.25) is 17.7 Å². The van der Waals surface area contributed by atoms with Crippen LogP contribution < -0.4 is 21.7 Å². The molecule has 338 valence electrons. The Morgan fingerprint density at radius 3 is 1.53 bits per heavy atom. The SMILES string of the molecule is CCCC.COC(=O)CCC(C)(C)SSCCC(C(=O)Nc1cc(NC(=O)C(CCSSC(C)(C)CCC(=O)O)S(=O)(=O)O)cc(C(=O)NCCC(N)=O)c1)S(=O)(=O)O. The Bertz CT molecular complexity index is 1790. The second-order valence-corrected chi connectivity index (χ2v) is 23.6. The molecule has 24 heteroatoms. The lowest BCUT2D eigenvalue weighted by atomic mass is 10.1. The highest BCUT2D eigenvalue weighted by Crippen LogP contribution is 2.40. The number of ether oxygens (including phenoxy) is 1. The lowest BCUT2D eigenvalue weighted by molar-refractivity contribution is -0.141. The van der Waals surface area contributed by atoms with Crippen molar-refractivity contribution >= 4 is 110 Å². The first-order valence-corrected chi connectivity index (χ1v) is 26.0. The van der Waals surface area contributed by atoms with Crippen molar-refractivity contribution in [1.82, 2.24) is 5.32 Å². The van der Waals surface area contributed by atoms with Crippen molar-refractivity contribution in [2.75, 3.05) is 35.8 Å². The van der Waals surface area contributed by atoms with Crippen LogP contribution in [0.1, 0.15) is 110 Å². The first-order chi connectivity index (χ1) is 27.2. The summed E-state index contributed by atoms with van der Waals surface area (Å²) in [4.78, 5) is 73.0. The summed E-state index contributed by atoms with van der Waals surface area (Å²) in [7, 11) is -3.68. The quantitative estimate of drug-likeness (QED) is 0.0251. The maximum Gasteiger partial charge on any atom is 0.305 e. The Kier molecular flexibility index (Phi) is 26.0. The van der Waals surface area contributed by atoms with E-state index in [1.807, 2.05) is 13.8 Å². The molecule has 0 fully saturated rings. The van der Waals surface area contributed by atoms with Crippen LogP contribution in [-0.4, -0.2) is 112 Å². The van der Waals surface area contributed by atoms with Crippen LogP contribution in [0.5, 0.6) is 0 Å². The van der Waals surface area contributed by atoms with Crippen LogP contribution in [0, 0.1) is 0 Å². The molecule has 2 atom stereocenters. The summed E-state index contributed by atoms with van der Waals surface area (Å²) in [6.07, 6.45) is 2.51. The molecule has 1 aromatic carbocycles. The number of rotatable bonds is 27. The Hall–Kier alpha value is -2.74. The fourth-order valence-electron chi connectivity index (χ4n) is 4.29. The fourth-order valence-corrected chi connectivity index (χ4v) is 11.4. The third-order valence-electron chi connectivity index (χ3n) is 7.79. The number of hydrogen-bond donors (Lipinski definition) is 7. The standard InChI is InChI=1S/C31H48N4O14S6.C4H10/c1-30(2,11-6-25(37)38)52-50-14-9-22(54(43,44)45)28(41)34-20-16-19(27(40)33-13-8-24(32)36)17-21(18-20)35-29(42)23(55(46,47)48)10-15-51-53-31(3,4)12-7-26(39)49-5;1-3-4-2/h16-18,22-23H,6-15H2,1-5H3,(H2,32,36)(H,33,40)(H,34,41)(H,35,42)(H,37,38)(H,43,44,45)(H,46,47,48);3-4H2,1-2H3. The fraction of sp³-hybridized carbons (Fsp3) is 0.657. The monoisotopic (exact) mass is 950 g/mol. The predicted octanol–water partition coefficient (Wildman–Crippen LogP) is 5.41. The molecule has 0 aliphatic heterocycles. The van der Waals surface area contributed by atoms with E-state index in [2.05, 4.69) is 34.5 Å². The van der Waals surface area contributed by atoms with Crippen molar-refractivity contribution in [2.45, 2.75) is 119 Å². The van der Waals surface area contributed by atoms with Gasteiger partial charge in [0, 0.05) is 63.7 Å². The van der Waals surface area contributed by atoms with Crippen molar-refractivity contribution in [3.8, 4) is 0 Å². The van der Waals surface area contributed by atoms with Gasteiger partial charge in [-0.2, -0.15) is 16.8 Å². The minimum atomic E-state index is -4.98. The summed E-state index contributed by atoms with van der Waals surface area (Å²) in [5.41, 5.74) is 4.38. The van der Waals surface area contributed by atoms with Gasteiger partial charge in [0.1, 0.15) is 0 Å². The van der Waals surface area contributed by atoms with E-state index >= 15 is 0 Å². The van der Waals surface area contributed by atoms with Gasteiger partial charge in [-0.1, -0.05) is 69.9 Å². The smallest absolute Gasteiger partial charge is 0.305 e. The first-order valence-electron chi connectivity index (χ1n) is 18.3. The molecular weight excluding hydrogens is 893 g/mol. The maximum atomic E-state index is 13.3. The number of esters is 1. The molecule has 0 saturated carbocycles. The Labute approximate surface area is 362 Å². The normalized spacial score (nSPS) is 12.9. The molecule has 0 aliphatic rings. The number of aliphatic carboxylic acids is 1. The molecule has 0 aliphatic carbocycles. The largest absolute Gasteiger partial charge is 0.481 e. The molecule has 18 nitrogen and oxygen atoms in total. The molecule has 4 amide bonds. The van der Waals surface area contributed by atoms with E-state index in [-0.39, 0.29) is 67.1 Å². The van der Waals surface area contributed by atoms with Gasteiger partial charge in [-0.05, 0) is 71.6 Å². The summed E-state index contributed by atoms with van der Waals surface area (Å²) in [6.45, 7) is 11.5. The van der Waals surface area contributed by atoms with Crippen LogP contribution in [0.4, 0.5) is 11.4 Å². The number of carbonyl (C=O) groups excluding carboxylic acids is 5. The van der Waals surface area contributed by atoms with E-state index in [1.165, 1.54) is 63.1 Å². The minimum absolute atomic E-state index is 0.0431. The molecule has 0 saturated heterocycles. The number of nitrogens with two attached hydrogens (primary N) is 1. The molecule has 1 aromatic rings. The van der Waals surface area contributed by atoms with Crippen molar-refractivity contribution < 1.29 is 64.6 Å². The zero-order valence-corrected chi connectivity index (χ0v) is 39.1. The van der Waals surface area contributed by atoms with E-state index in [9.17, 15) is 54.7 Å². The van der Waals surface area contributed by atoms with E-state index in [0.29, 0.717) is 12.8 Å². The van der Waals surface area contributed by atoms with Crippen LogP contribution in [0.3, 0.4) is 0 Å². The number of carboxylic acids is 1. The third-order valence-corrected chi connectivity index (χ3v) is 16.9. The van der Waals surface area contributed by atoms with Crippen LogP contribution in [-0.2, 0) is 48.9 Å². The van der Waals surface area contributed by atoms with E-state index in [0.717, 1.165) is 18.2 Å². The molecule has 0 aromatic heterocycles. The molecule has 2 unspecified atom stereocenters. The summed E-state index contributed by atoms with van der Waals surface area (Å²) < 4.78 is 72.6. The topological polar surface area (TPSA) is 303 Å². The molecular formula is C35H58N4O14S6. The lowest BCUT2D eigenvalue weighted by Gasteiger charge is -2.23. The van der Waals surface area contributed by atoms with Gasteiger partial charge in [-0.25, -0.2) is 0 Å². The number of methoxy groups -OCH3 is 1. The van der Waals surface area contributed by atoms with Gasteiger partial charge in [-0.3, -0.25) is 37.9 Å². The highest BCUT2D eigenvalue weighted by molar-refractivity contribution is 8.77. The number of carbonyl (C=O) groups is 6. The Morgan fingerprint density at radius 1 is 0.746 bits per heavy atom. The zero-order chi connectivity index (χ0) is 45.6. The summed E-state index contributed by atoms with van der Waals surface area (Å²) >= 11 is 0. The first kappa shape index (κ1) is 56.3. The Balaban J connectivity index is 0.00000801. The minimum Gasteiger partial charge on any atom is -0.481 e. The van der Waals surface area contributed by atoms with Gasteiger partial charge in [0.25, 0.3) is 26.1 Å². The van der Waals surface area contributed by atoms with Gasteiger partial charge >= 0.3 is 11.9 Å². The number of anilines is 2. The number of nitrogens with one attached hydrogen (secondary N) is 3. The molecule has 59 heavy (non-hydrogen) atoms. The molecule has 1 rings (SSSR count). The summed E-state index contributed by atoms with van der Waals surface area (Å²) in [6, 6.07) is 3.28. The van der Waals surface area contributed by atoms with Crippen LogP contribution >= 0.6 is 43.2 Å². The van der Waals surface area contributed by atoms with Gasteiger partial charge < -0.3 is 31.5 Å². The van der Waals surface area contributed by atoms with Crippen molar-refractivity contribution in [3.63, 3.8) is 0 Å². The maximum absolute atomic E-state index is 13.3. The van der Waals surface area contributed by atoms with E-state index in [1.54, 1.807) is 13.8 Å². The average Bonchev–Trinajstić information content (AvgIpc) is 3.11. The number of benzene rings is 1. The number of hydrogen-bond acceptors (Lipinski definition) is 15.